The molecule has 110 valence electrons. The van der Waals surface area contributed by atoms with Gasteiger partial charge < -0.3 is 10.6 Å². The Morgan fingerprint density at radius 3 is 2.64 bits per heavy atom. The summed E-state index contributed by atoms with van der Waals surface area (Å²) in [6, 6.07) is 13.8. The van der Waals surface area contributed by atoms with Crippen molar-refractivity contribution in [2.45, 2.75) is 6.54 Å². The number of para-hydroxylation sites is 1. The molecule has 0 atom stereocenters. The zero-order chi connectivity index (χ0) is 15.2. The molecule has 2 aromatic heterocycles. The van der Waals surface area contributed by atoms with Crippen molar-refractivity contribution in [3.63, 3.8) is 0 Å². The molecule has 3 aromatic rings. The Kier molecular flexibility index (Phi) is 4.72. The van der Waals surface area contributed by atoms with Crippen LogP contribution in [-0.2, 0) is 6.54 Å². The van der Waals surface area contributed by atoms with Crippen molar-refractivity contribution in [2.24, 2.45) is 0 Å². The number of nitrogens with zero attached hydrogens (tertiary/aromatic N) is 2. The quantitative estimate of drug-likeness (QED) is 0.716. The van der Waals surface area contributed by atoms with Crippen molar-refractivity contribution in [1.29, 1.82) is 0 Å². The second-order valence-corrected chi connectivity index (χ2v) is 5.82. The summed E-state index contributed by atoms with van der Waals surface area (Å²) >= 11 is 6.90. The number of thiazole rings is 1. The third-order valence-corrected chi connectivity index (χ3v) is 4.13. The van der Waals surface area contributed by atoms with Crippen molar-refractivity contribution >= 4 is 34.4 Å². The normalized spacial score (nSPS) is 10.2. The van der Waals surface area contributed by atoms with Gasteiger partial charge in [0.15, 0.2) is 5.11 Å². The number of hydrogen-bond donors (Lipinski definition) is 2. The number of rotatable bonds is 4. The molecule has 22 heavy (non-hydrogen) atoms. The van der Waals surface area contributed by atoms with Crippen LogP contribution in [0.1, 0.15) is 5.69 Å². The van der Waals surface area contributed by atoms with E-state index in [0.29, 0.717) is 11.7 Å². The molecule has 0 amide bonds. The van der Waals surface area contributed by atoms with E-state index in [1.165, 1.54) is 0 Å². The lowest BCUT2D eigenvalue weighted by Crippen LogP contribution is -2.27. The highest BCUT2D eigenvalue weighted by atomic mass is 32.1. The summed E-state index contributed by atoms with van der Waals surface area (Å²) in [6.45, 7) is 0.597. The molecule has 0 radical (unpaired) electrons. The molecule has 4 nitrogen and oxygen atoms in total. The van der Waals surface area contributed by atoms with Crippen LogP contribution in [0.2, 0.25) is 0 Å². The standard InChI is InChI=1S/C16H14N4S2/c21-16(20-13-4-2-1-3-5-13)18-10-14-11-22-15(19-14)12-6-8-17-9-7-12/h1-9,11H,10H2,(H2,18,20,21). The topological polar surface area (TPSA) is 49.8 Å². The molecule has 0 unspecified atom stereocenters. The maximum atomic E-state index is 5.28. The summed E-state index contributed by atoms with van der Waals surface area (Å²) in [5, 5.41) is 9.91. The fraction of sp³-hybridized carbons (Fsp3) is 0.0625. The largest absolute Gasteiger partial charge is 0.357 e. The molecule has 0 spiro atoms. The van der Waals surface area contributed by atoms with Crippen LogP contribution in [0.25, 0.3) is 10.6 Å². The van der Waals surface area contributed by atoms with E-state index in [-0.39, 0.29) is 0 Å². The van der Waals surface area contributed by atoms with Crippen LogP contribution in [0.15, 0.2) is 60.2 Å². The number of thiocarbonyl (C=S) groups is 1. The Morgan fingerprint density at radius 2 is 1.86 bits per heavy atom. The average molecular weight is 326 g/mol. The van der Waals surface area contributed by atoms with Crippen LogP contribution in [0, 0.1) is 0 Å². The number of hydrogen-bond acceptors (Lipinski definition) is 4. The van der Waals surface area contributed by atoms with Gasteiger partial charge in [0, 0.05) is 29.0 Å². The third kappa shape index (κ3) is 3.87. The Hall–Kier alpha value is -2.31. The monoisotopic (exact) mass is 326 g/mol. The van der Waals surface area contributed by atoms with Crippen LogP contribution in [0.4, 0.5) is 5.69 Å². The maximum absolute atomic E-state index is 5.28. The molecule has 0 aliphatic rings. The van der Waals surface area contributed by atoms with Gasteiger partial charge in [-0.3, -0.25) is 4.98 Å². The van der Waals surface area contributed by atoms with E-state index >= 15 is 0 Å². The van der Waals surface area contributed by atoms with Crippen LogP contribution >= 0.6 is 23.6 Å². The van der Waals surface area contributed by atoms with E-state index in [1.54, 1.807) is 23.7 Å². The lowest BCUT2D eigenvalue weighted by Gasteiger charge is -2.09. The summed E-state index contributed by atoms with van der Waals surface area (Å²) in [4.78, 5) is 8.62. The van der Waals surface area contributed by atoms with E-state index in [1.807, 2.05) is 47.8 Å². The van der Waals surface area contributed by atoms with E-state index in [0.717, 1.165) is 22.0 Å². The lowest BCUT2D eigenvalue weighted by molar-refractivity contribution is 0.894. The molecular formula is C16H14N4S2. The van der Waals surface area contributed by atoms with Gasteiger partial charge in [-0.15, -0.1) is 11.3 Å². The highest BCUT2D eigenvalue weighted by molar-refractivity contribution is 7.80. The van der Waals surface area contributed by atoms with Crippen LogP contribution in [0.5, 0.6) is 0 Å². The average Bonchev–Trinajstić information content (AvgIpc) is 3.04. The number of aromatic nitrogens is 2. The highest BCUT2D eigenvalue weighted by Gasteiger charge is 2.05. The fourth-order valence-electron chi connectivity index (χ4n) is 1.88. The number of benzene rings is 1. The first-order valence-electron chi connectivity index (χ1n) is 6.76. The van der Waals surface area contributed by atoms with Gasteiger partial charge >= 0.3 is 0 Å². The second-order valence-electron chi connectivity index (χ2n) is 4.55. The summed E-state index contributed by atoms with van der Waals surface area (Å²) in [5.41, 5.74) is 3.01. The molecule has 0 aliphatic heterocycles. The molecule has 0 saturated carbocycles. The Labute approximate surface area is 138 Å². The molecule has 0 bridgehead atoms. The fourth-order valence-corrected chi connectivity index (χ4v) is 2.90. The zero-order valence-corrected chi connectivity index (χ0v) is 13.3. The maximum Gasteiger partial charge on any atom is 0.171 e. The molecular weight excluding hydrogens is 312 g/mol. The van der Waals surface area contributed by atoms with Crippen molar-refractivity contribution < 1.29 is 0 Å². The number of anilines is 1. The summed E-state index contributed by atoms with van der Waals surface area (Å²) in [6.07, 6.45) is 3.54. The molecule has 6 heteroatoms. The number of pyridine rings is 1. The first kappa shape index (κ1) is 14.6. The van der Waals surface area contributed by atoms with Crippen molar-refractivity contribution in [3.05, 3.63) is 65.9 Å². The Balaban J connectivity index is 1.56. The Morgan fingerprint density at radius 1 is 1.09 bits per heavy atom. The smallest absolute Gasteiger partial charge is 0.171 e. The number of nitrogens with one attached hydrogen (secondary N) is 2. The molecule has 0 saturated heterocycles. The van der Waals surface area contributed by atoms with Gasteiger partial charge in [0.2, 0.25) is 0 Å². The van der Waals surface area contributed by atoms with Gasteiger partial charge in [0.25, 0.3) is 0 Å². The predicted octanol–water partition coefficient (Wildman–Crippen LogP) is 3.69. The molecule has 0 aliphatic carbocycles. The van der Waals surface area contributed by atoms with Crippen molar-refractivity contribution in [3.8, 4) is 10.6 Å². The predicted molar refractivity (Wildman–Crippen MR) is 94.8 cm³/mol. The Bertz CT molecular complexity index is 741. The first-order chi connectivity index (χ1) is 10.8. The SMILES string of the molecule is S=C(NCc1csc(-c2ccncc2)n1)Nc1ccccc1. The van der Waals surface area contributed by atoms with Gasteiger partial charge in [-0.1, -0.05) is 18.2 Å². The zero-order valence-electron chi connectivity index (χ0n) is 11.7. The molecule has 1 aromatic carbocycles. The molecule has 2 N–H and O–H groups in total. The van der Waals surface area contributed by atoms with Crippen molar-refractivity contribution in [2.75, 3.05) is 5.32 Å². The summed E-state index contributed by atoms with van der Waals surface area (Å²) < 4.78 is 0. The van der Waals surface area contributed by atoms with Crippen molar-refractivity contribution in [1.82, 2.24) is 15.3 Å². The van der Waals surface area contributed by atoms with Gasteiger partial charge in [-0.25, -0.2) is 4.98 Å². The highest BCUT2D eigenvalue weighted by Crippen LogP contribution is 2.22. The van der Waals surface area contributed by atoms with E-state index in [2.05, 4.69) is 20.6 Å². The molecule has 2 heterocycles. The van der Waals surface area contributed by atoms with E-state index < -0.39 is 0 Å². The van der Waals surface area contributed by atoms with Gasteiger partial charge in [0.1, 0.15) is 5.01 Å². The second kappa shape index (κ2) is 7.11. The summed E-state index contributed by atoms with van der Waals surface area (Å²) in [7, 11) is 0. The molecule has 0 fully saturated rings. The van der Waals surface area contributed by atoms with Gasteiger partial charge in [-0.2, -0.15) is 0 Å². The summed E-state index contributed by atoms with van der Waals surface area (Å²) in [5.74, 6) is 0. The minimum absolute atomic E-state index is 0.588. The van der Waals surface area contributed by atoms with E-state index in [4.69, 9.17) is 12.2 Å². The molecule has 3 rings (SSSR count). The van der Waals surface area contributed by atoms with Crippen LogP contribution in [0.3, 0.4) is 0 Å². The van der Waals surface area contributed by atoms with E-state index in [9.17, 15) is 0 Å². The lowest BCUT2D eigenvalue weighted by atomic mass is 10.3. The van der Waals surface area contributed by atoms with Crippen LogP contribution in [-0.4, -0.2) is 15.1 Å². The third-order valence-electron chi connectivity index (χ3n) is 2.94. The van der Waals surface area contributed by atoms with Gasteiger partial charge in [0.05, 0.1) is 12.2 Å². The van der Waals surface area contributed by atoms with Gasteiger partial charge in [-0.05, 0) is 36.5 Å². The minimum Gasteiger partial charge on any atom is -0.357 e. The van der Waals surface area contributed by atoms with Crippen LogP contribution < -0.4 is 10.6 Å². The first-order valence-corrected chi connectivity index (χ1v) is 8.05. The minimum atomic E-state index is 0.588.